The molecule has 228 valence electrons. The number of hydrogen-bond donors (Lipinski definition) is 4. The molecule has 13 heteroatoms. The van der Waals surface area contributed by atoms with Crippen LogP contribution in [0.1, 0.15) is 71.2 Å². The average Bonchev–Trinajstić information content (AvgIpc) is 3.69. The van der Waals surface area contributed by atoms with Gasteiger partial charge in [-0.05, 0) is 42.0 Å². The van der Waals surface area contributed by atoms with Crippen LogP contribution in [0.2, 0.25) is 0 Å². The van der Waals surface area contributed by atoms with Gasteiger partial charge in [-0.3, -0.25) is 14.2 Å². The minimum absolute atomic E-state index is 0.0251. The lowest BCUT2D eigenvalue weighted by Crippen LogP contribution is -2.54. The summed E-state index contributed by atoms with van der Waals surface area (Å²) in [4.78, 5) is 55.9. The van der Waals surface area contributed by atoms with Crippen molar-refractivity contribution < 1.29 is 32.7 Å². The molecular weight excluding hydrogens is 597 g/mol. The highest BCUT2D eigenvalue weighted by atomic mass is 32.1. The minimum Gasteiger partial charge on any atom is -0.351 e. The van der Waals surface area contributed by atoms with Gasteiger partial charge in [-0.1, -0.05) is 57.2 Å². The molecule has 0 spiro atoms. The smallest absolute Gasteiger partial charge is 0.351 e. The molecule has 1 aliphatic heterocycles. The van der Waals surface area contributed by atoms with E-state index >= 15 is 0 Å². The van der Waals surface area contributed by atoms with Gasteiger partial charge in [-0.2, -0.15) is 8.78 Å². The minimum atomic E-state index is -5.75. The molecule has 2 amide bonds. The first-order valence-corrected chi connectivity index (χ1v) is 16.2. The summed E-state index contributed by atoms with van der Waals surface area (Å²) in [6, 6.07) is 13.4. The van der Waals surface area contributed by atoms with Crippen LogP contribution in [0.25, 0.3) is 10.9 Å². The number of amides is 2. The second-order valence-corrected chi connectivity index (χ2v) is 14.7. The zero-order valence-corrected chi connectivity index (χ0v) is 25.6. The second kappa shape index (κ2) is 11.6. The van der Waals surface area contributed by atoms with Crippen molar-refractivity contribution in [2.75, 3.05) is 6.54 Å². The fourth-order valence-corrected chi connectivity index (χ4v) is 6.85. The summed E-state index contributed by atoms with van der Waals surface area (Å²) in [6.07, 6.45) is 4.17. The number of fused-ring (bicyclic) bond motifs is 1. The molecule has 43 heavy (non-hydrogen) atoms. The molecule has 2 unspecified atom stereocenters. The van der Waals surface area contributed by atoms with Crippen LogP contribution in [0.5, 0.6) is 0 Å². The number of likely N-dealkylation sites (tertiary alicyclic amines) is 1. The van der Waals surface area contributed by atoms with Gasteiger partial charge in [0.15, 0.2) is 0 Å². The van der Waals surface area contributed by atoms with Gasteiger partial charge in [0.1, 0.15) is 16.7 Å². The van der Waals surface area contributed by atoms with Crippen LogP contribution in [0, 0.1) is 5.41 Å². The summed E-state index contributed by atoms with van der Waals surface area (Å²) >= 11 is 1.58. The molecule has 2 aromatic heterocycles. The lowest BCUT2D eigenvalue weighted by molar-refractivity contribution is -0.136. The molecule has 0 bridgehead atoms. The monoisotopic (exact) mass is 630 g/mol. The Kier molecular flexibility index (Phi) is 8.34. The SMILES string of the molecule is CC(C)(C)C(NC(=O)c1cc2cc(C(F)(F)P(=O)(O)O)ccc2[nH]1)C(=O)N1CCCC1c1ncc(Cc2ccccc2)s1. The number of hydrogen-bond acceptors (Lipinski definition) is 5. The fraction of sp³-hybridized carbons (Fsp3) is 0.367. The molecule has 0 saturated carbocycles. The molecule has 0 aliphatic carbocycles. The van der Waals surface area contributed by atoms with Gasteiger partial charge in [0.05, 0.1) is 6.04 Å². The number of H-pyrrole nitrogens is 1. The van der Waals surface area contributed by atoms with Crippen LogP contribution in [0.3, 0.4) is 0 Å². The predicted octanol–water partition coefficient (Wildman–Crippen LogP) is 5.95. The lowest BCUT2D eigenvalue weighted by atomic mass is 9.85. The largest absolute Gasteiger partial charge is 0.399 e. The third kappa shape index (κ3) is 6.43. The summed E-state index contributed by atoms with van der Waals surface area (Å²) in [5.41, 5.74) is -4.38. The number of benzene rings is 2. The third-order valence-electron chi connectivity index (χ3n) is 7.58. The highest BCUT2D eigenvalue weighted by molar-refractivity contribution is 7.52. The van der Waals surface area contributed by atoms with Crippen molar-refractivity contribution >= 4 is 41.6 Å². The number of carbonyl (C=O) groups is 2. The van der Waals surface area contributed by atoms with Crippen molar-refractivity contribution in [1.82, 2.24) is 20.2 Å². The summed E-state index contributed by atoms with van der Waals surface area (Å²) in [6.45, 7) is 6.08. The Bertz CT molecular complexity index is 1700. The molecule has 4 N–H and O–H groups in total. The van der Waals surface area contributed by atoms with Crippen molar-refractivity contribution in [3.05, 3.63) is 87.5 Å². The summed E-state index contributed by atoms with van der Waals surface area (Å²) in [7, 11) is -5.75. The molecule has 1 saturated heterocycles. The lowest BCUT2D eigenvalue weighted by Gasteiger charge is -2.35. The van der Waals surface area contributed by atoms with Crippen molar-refractivity contribution in [1.29, 1.82) is 0 Å². The molecular formula is C30H33F2N4O5PS. The van der Waals surface area contributed by atoms with E-state index in [9.17, 15) is 22.9 Å². The maximum atomic E-state index is 14.3. The summed E-state index contributed by atoms with van der Waals surface area (Å²) in [5.74, 6) is -0.842. The van der Waals surface area contributed by atoms with Gasteiger partial charge < -0.3 is 25.0 Å². The maximum absolute atomic E-state index is 14.3. The number of carbonyl (C=O) groups excluding carboxylic acids is 2. The van der Waals surface area contributed by atoms with Crippen molar-refractivity contribution in [2.45, 2.75) is 57.8 Å². The summed E-state index contributed by atoms with van der Waals surface area (Å²) < 4.78 is 39.8. The Morgan fingerprint density at radius 1 is 1.16 bits per heavy atom. The quantitative estimate of drug-likeness (QED) is 0.178. The number of thiazole rings is 1. The van der Waals surface area contributed by atoms with Gasteiger partial charge in [0.2, 0.25) is 5.91 Å². The third-order valence-corrected chi connectivity index (χ3v) is 9.67. The molecule has 1 aliphatic rings. The normalized spacial score (nSPS) is 16.9. The first-order valence-electron chi connectivity index (χ1n) is 13.8. The molecule has 2 atom stereocenters. The van der Waals surface area contributed by atoms with Gasteiger partial charge in [0, 0.05) is 40.5 Å². The van der Waals surface area contributed by atoms with Crippen LogP contribution in [-0.2, 0) is 21.4 Å². The molecule has 0 radical (unpaired) electrons. The standard InChI is InChI=1S/C30H33F2N4O5PS/c1-29(2,3)25(35-26(37)23-16-19-15-20(11-12-22(19)34-23)30(31,32)42(39,40)41)28(38)36-13-7-10-24(36)27-33-17-21(43-27)14-18-8-5-4-6-9-18/h4-6,8-9,11-12,15-17,24-25,34H,7,10,13-14H2,1-3H3,(H,35,37)(H2,39,40,41). The number of rotatable bonds is 8. The number of halogens is 2. The molecule has 9 nitrogen and oxygen atoms in total. The van der Waals surface area contributed by atoms with E-state index in [2.05, 4.69) is 27.4 Å². The summed E-state index contributed by atoms with van der Waals surface area (Å²) in [5, 5.41) is 3.87. The molecule has 1 fully saturated rings. The van der Waals surface area contributed by atoms with Crippen LogP contribution >= 0.6 is 18.9 Å². The van der Waals surface area contributed by atoms with E-state index in [0.29, 0.717) is 12.1 Å². The molecule has 4 aromatic rings. The van der Waals surface area contributed by atoms with Crippen molar-refractivity contribution in [3.8, 4) is 0 Å². The van der Waals surface area contributed by atoms with E-state index in [1.54, 1.807) is 16.2 Å². The van der Waals surface area contributed by atoms with E-state index in [4.69, 9.17) is 9.79 Å². The van der Waals surface area contributed by atoms with E-state index in [-0.39, 0.29) is 23.0 Å². The topological polar surface area (TPSA) is 136 Å². The Hall–Kier alpha value is -3.44. The number of nitrogens with one attached hydrogen (secondary N) is 2. The van der Waals surface area contributed by atoms with Gasteiger partial charge in [0.25, 0.3) is 5.91 Å². The fourth-order valence-electron chi connectivity index (χ4n) is 5.28. The van der Waals surface area contributed by atoms with Gasteiger partial charge in [-0.15, -0.1) is 11.3 Å². The number of aromatic amines is 1. The molecule has 5 rings (SSSR count). The predicted molar refractivity (Wildman–Crippen MR) is 160 cm³/mol. The molecule has 3 heterocycles. The zero-order chi connectivity index (χ0) is 31.2. The van der Waals surface area contributed by atoms with Gasteiger partial charge in [-0.25, -0.2) is 4.98 Å². The Labute approximate surface area is 251 Å². The van der Waals surface area contributed by atoms with Crippen molar-refractivity contribution in [2.24, 2.45) is 5.41 Å². The first-order chi connectivity index (χ1) is 20.1. The number of alkyl halides is 2. The van der Waals surface area contributed by atoms with Crippen LogP contribution in [0.4, 0.5) is 8.78 Å². The maximum Gasteiger partial charge on any atom is 0.399 e. The number of aromatic nitrogens is 2. The Morgan fingerprint density at radius 2 is 1.88 bits per heavy atom. The Morgan fingerprint density at radius 3 is 2.56 bits per heavy atom. The molecule has 2 aromatic carbocycles. The van der Waals surface area contributed by atoms with Crippen LogP contribution < -0.4 is 5.32 Å². The number of nitrogens with zero attached hydrogens (tertiary/aromatic N) is 2. The van der Waals surface area contributed by atoms with Crippen LogP contribution in [0.15, 0.2) is 60.8 Å². The van der Waals surface area contributed by atoms with Crippen LogP contribution in [-0.4, -0.2) is 49.1 Å². The van der Waals surface area contributed by atoms with E-state index in [1.165, 1.54) is 17.7 Å². The Balaban J connectivity index is 1.34. The first kappa shape index (κ1) is 31.0. The zero-order valence-electron chi connectivity index (χ0n) is 23.9. The second-order valence-electron chi connectivity index (χ2n) is 11.9. The highest BCUT2D eigenvalue weighted by Crippen LogP contribution is 2.59. The average molecular weight is 631 g/mol. The van der Waals surface area contributed by atoms with E-state index in [0.717, 1.165) is 41.3 Å². The van der Waals surface area contributed by atoms with E-state index < -0.39 is 36.2 Å². The van der Waals surface area contributed by atoms with Crippen molar-refractivity contribution in [3.63, 3.8) is 0 Å². The highest BCUT2D eigenvalue weighted by Gasteiger charge is 2.50. The van der Waals surface area contributed by atoms with E-state index in [1.807, 2.05) is 45.2 Å². The van der Waals surface area contributed by atoms with Gasteiger partial charge >= 0.3 is 13.3 Å².